The average Bonchev–Trinajstić information content (AvgIpc) is 2.66. The van der Waals surface area contributed by atoms with Gasteiger partial charge in [0.25, 0.3) is 0 Å². The minimum absolute atomic E-state index is 0.0608. The van der Waals surface area contributed by atoms with Crippen LogP contribution in [0.2, 0.25) is 0 Å². The Bertz CT molecular complexity index is 351. The molecule has 1 aromatic rings. The third kappa shape index (κ3) is 2.25. The number of hydrogen-bond donors (Lipinski definition) is 1. The number of likely N-dealkylation sites (tertiary alicyclic amines) is 1. The second-order valence-corrected chi connectivity index (χ2v) is 4.81. The number of nitrogens with zero attached hydrogens (tertiary/aromatic N) is 3. The molecule has 16 heavy (non-hydrogen) atoms. The third-order valence-electron chi connectivity index (χ3n) is 3.24. The molecule has 1 aliphatic heterocycles. The van der Waals surface area contributed by atoms with Crippen LogP contribution in [0.25, 0.3) is 0 Å². The van der Waals surface area contributed by atoms with Crippen molar-refractivity contribution in [2.75, 3.05) is 26.2 Å². The maximum atomic E-state index is 8.97. The number of aliphatic hydroxyl groups is 1. The Hall–Kier alpha value is -0.940. The van der Waals surface area contributed by atoms with Gasteiger partial charge in [0.1, 0.15) is 0 Å². The smallest absolute Gasteiger partial charge is 0.233 e. The molecule has 90 valence electrons. The molecule has 1 N–H and O–H groups in total. The highest BCUT2D eigenvalue weighted by atomic mass is 16.5. The van der Waals surface area contributed by atoms with Crippen LogP contribution < -0.4 is 0 Å². The van der Waals surface area contributed by atoms with Crippen LogP contribution in [0.15, 0.2) is 4.52 Å². The van der Waals surface area contributed by atoms with Crippen molar-refractivity contribution < 1.29 is 9.63 Å². The summed E-state index contributed by atoms with van der Waals surface area (Å²) < 4.78 is 5.28. The zero-order chi connectivity index (χ0) is 11.6. The van der Waals surface area contributed by atoms with E-state index in [2.05, 4.69) is 22.0 Å². The van der Waals surface area contributed by atoms with Gasteiger partial charge in [-0.2, -0.15) is 4.98 Å². The van der Waals surface area contributed by atoms with Crippen molar-refractivity contribution in [1.29, 1.82) is 0 Å². The monoisotopic (exact) mass is 225 g/mol. The van der Waals surface area contributed by atoms with Gasteiger partial charge in [-0.1, -0.05) is 5.16 Å². The Morgan fingerprint density at radius 3 is 3.00 bits per heavy atom. The van der Waals surface area contributed by atoms with Crippen molar-refractivity contribution in [3.8, 4) is 0 Å². The van der Waals surface area contributed by atoms with Crippen molar-refractivity contribution in [3.05, 3.63) is 11.7 Å². The summed E-state index contributed by atoms with van der Waals surface area (Å²) in [6.07, 6.45) is 2.18. The second kappa shape index (κ2) is 4.51. The summed E-state index contributed by atoms with van der Waals surface area (Å²) in [6.45, 7) is 6.86. The molecule has 5 heteroatoms. The largest absolute Gasteiger partial charge is 0.395 e. The van der Waals surface area contributed by atoms with Crippen LogP contribution in [0, 0.1) is 6.92 Å². The summed E-state index contributed by atoms with van der Waals surface area (Å²) in [5.74, 6) is 1.42. The highest BCUT2D eigenvalue weighted by molar-refractivity contribution is 5.06. The number of aliphatic hydroxyl groups excluding tert-OH is 1. The van der Waals surface area contributed by atoms with E-state index in [0.29, 0.717) is 5.82 Å². The Balaban J connectivity index is 2.11. The quantitative estimate of drug-likeness (QED) is 0.821. The lowest BCUT2D eigenvalue weighted by Gasteiger charge is -2.37. The average molecular weight is 225 g/mol. The van der Waals surface area contributed by atoms with E-state index in [1.165, 1.54) is 0 Å². The summed E-state index contributed by atoms with van der Waals surface area (Å²) >= 11 is 0. The lowest BCUT2D eigenvalue weighted by Crippen LogP contribution is -2.45. The maximum absolute atomic E-state index is 8.97. The van der Waals surface area contributed by atoms with Crippen LogP contribution in [-0.4, -0.2) is 46.4 Å². The van der Waals surface area contributed by atoms with Gasteiger partial charge in [-0.3, -0.25) is 4.90 Å². The van der Waals surface area contributed by atoms with Gasteiger partial charge in [0, 0.05) is 13.1 Å². The fraction of sp³-hybridized carbons (Fsp3) is 0.818. The SMILES string of the molecule is Cc1noc([C@@]2(C)CCCN(CCO)C2)n1. The van der Waals surface area contributed by atoms with Crippen molar-refractivity contribution in [2.45, 2.75) is 32.1 Å². The van der Waals surface area contributed by atoms with Gasteiger partial charge in [-0.25, -0.2) is 0 Å². The molecule has 1 atom stereocenters. The minimum Gasteiger partial charge on any atom is -0.395 e. The van der Waals surface area contributed by atoms with Crippen LogP contribution in [0.3, 0.4) is 0 Å². The predicted molar refractivity (Wildman–Crippen MR) is 59.1 cm³/mol. The summed E-state index contributed by atoms with van der Waals surface area (Å²) in [6, 6.07) is 0. The van der Waals surface area contributed by atoms with E-state index in [-0.39, 0.29) is 12.0 Å². The number of β-amino-alcohol motifs (C(OH)–C–C–N with tert-alkyl or cyclic N) is 1. The molecule has 0 aliphatic carbocycles. The molecule has 0 spiro atoms. The first-order valence-electron chi connectivity index (χ1n) is 5.78. The predicted octanol–water partition coefficient (Wildman–Crippen LogP) is 0.724. The molecule has 1 fully saturated rings. The van der Waals surface area contributed by atoms with E-state index in [1.54, 1.807) is 0 Å². The van der Waals surface area contributed by atoms with Crippen LogP contribution in [0.4, 0.5) is 0 Å². The van der Waals surface area contributed by atoms with E-state index in [4.69, 9.17) is 9.63 Å². The molecule has 1 saturated heterocycles. The third-order valence-corrected chi connectivity index (χ3v) is 3.24. The first kappa shape index (κ1) is 11.5. The van der Waals surface area contributed by atoms with Crippen molar-refractivity contribution in [3.63, 3.8) is 0 Å². The molecule has 0 aromatic carbocycles. The molecule has 2 rings (SSSR count). The molecule has 0 saturated carbocycles. The summed E-state index contributed by atoms with van der Waals surface area (Å²) in [7, 11) is 0. The Kier molecular flexibility index (Phi) is 3.25. The molecule has 0 amide bonds. The highest BCUT2D eigenvalue weighted by Gasteiger charge is 2.37. The number of piperidine rings is 1. The lowest BCUT2D eigenvalue weighted by atomic mass is 9.81. The van der Waals surface area contributed by atoms with Crippen molar-refractivity contribution in [1.82, 2.24) is 15.0 Å². The van der Waals surface area contributed by atoms with E-state index in [9.17, 15) is 0 Å². The molecule has 0 radical (unpaired) electrons. The fourth-order valence-corrected chi connectivity index (χ4v) is 2.39. The summed E-state index contributed by atoms with van der Waals surface area (Å²) in [5, 5.41) is 12.8. The van der Waals surface area contributed by atoms with Crippen molar-refractivity contribution in [2.24, 2.45) is 0 Å². The van der Waals surface area contributed by atoms with E-state index in [0.717, 1.165) is 38.4 Å². The van der Waals surface area contributed by atoms with Gasteiger partial charge in [-0.05, 0) is 33.2 Å². The molecular formula is C11H19N3O2. The Morgan fingerprint density at radius 1 is 1.56 bits per heavy atom. The molecule has 0 bridgehead atoms. The van der Waals surface area contributed by atoms with Gasteiger partial charge in [0.2, 0.25) is 5.89 Å². The van der Waals surface area contributed by atoms with Crippen LogP contribution >= 0.6 is 0 Å². The Labute approximate surface area is 95.4 Å². The normalized spacial score (nSPS) is 27.2. The van der Waals surface area contributed by atoms with E-state index < -0.39 is 0 Å². The minimum atomic E-state index is -0.0608. The summed E-state index contributed by atoms with van der Waals surface area (Å²) in [5.41, 5.74) is -0.0608. The zero-order valence-electron chi connectivity index (χ0n) is 9.94. The fourth-order valence-electron chi connectivity index (χ4n) is 2.39. The van der Waals surface area contributed by atoms with E-state index >= 15 is 0 Å². The Morgan fingerprint density at radius 2 is 2.38 bits per heavy atom. The molecular weight excluding hydrogens is 206 g/mol. The first-order valence-corrected chi connectivity index (χ1v) is 5.78. The molecule has 2 heterocycles. The number of aryl methyl sites for hydroxylation is 1. The van der Waals surface area contributed by atoms with Gasteiger partial charge < -0.3 is 9.63 Å². The topological polar surface area (TPSA) is 62.4 Å². The van der Waals surface area contributed by atoms with Gasteiger partial charge in [0.15, 0.2) is 5.82 Å². The highest BCUT2D eigenvalue weighted by Crippen LogP contribution is 2.32. The van der Waals surface area contributed by atoms with Crippen LogP contribution in [-0.2, 0) is 5.41 Å². The number of hydrogen-bond acceptors (Lipinski definition) is 5. The van der Waals surface area contributed by atoms with Gasteiger partial charge >= 0.3 is 0 Å². The van der Waals surface area contributed by atoms with E-state index in [1.807, 2.05) is 6.92 Å². The molecule has 0 unspecified atom stereocenters. The maximum Gasteiger partial charge on any atom is 0.233 e. The molecule has 1 aromatic heterocycles. The number of rotatable bonds is 3. The van der Waals surface area contributed by atoms with Crippen LogP contribution in [0.5, 0.6) is 0 Å². The van der Waals surface area contributed by atoms with Gasteiger partial charge in [-0.15, -0.1) is 0 Å². The standard InChI is InChI=1S/C11H19N3O2/c1-9-12-10(16-13-9)11(2)4-3-5-14(8-11)6-7-15/h15H,3-8H2,1-2H3/t11-/m0/s1. The first-order chi connectivity index (χ1) is 7.64. The molecule has 5 nitrogen and oxygen atoms in total. The molecule has 1 aliphatic rings. The second-order valence-electron chi connectivity index (χ2n) is 4.81. The zero-order valence-corrected chi connectivity index (χ0v) is 9.94. The lowest BCUT2D eigenvalue weighted by molar-refractivity contribution is 0.109. The van der Waals surface area contributed by atoms with Gasteiger partial charge in [0.05, 0.1) is 12.0 Å². The number of aromatic nitrogens is 2. The van der Waals surface area contributed by atoms with Crippen LogP contribution in [0.1, 0.15) is 31.5 Å². The van der Waals surface area contributed by atoms with Crippen molar-refractivity contribution >= 4 is 0 Å². The summed E-state index contributed by atoms with van der Waals surface area (Å²) in [4.78, 5) is 6.59.